The molecule has 1 aliphatic carbocycles. The Hall–Kier alpha value is -0.0800. The number of piperidine rings is 2. The Morgan fingerprint density at radius 1 is 0.870 bits per heavy atom. The van der Waals surface area contributed by atoms with Crippen molar-refractivity contribution in [2.75, 3.05) is 32.7 Å². The van der Waals surface area contributed by atoms with Crippen molar-refractivity contribution in [3.8, 4) is 0 Å². The summed E-state index contributed by atoms with van der Waals surface area (Å²) in [7, 11) is 0. The highest BCUT2D eigenvalue weighted by Gasteiger charge is 2.44. The summed E-state index contributed by atoms with van der Waals surface area (Å²) in [6, 6.07) is 0.889. The van der Waals surface area contributed by atoms with E-state index in [2.05, 4.69) is 37.5 Å². The number of rotatable bonds is 6. The monoisotopic (exact) mass is 320 g/mol. The zero-order valence-electron chi connectivity index (χ0n) is 16.2. The lowest BCUT2D eigenvalue weighted by Crippen LogP contribution is -2.49. The van der Waals surface area contributed by atoms with Gasteiger partial charge in [-0.05, 0) is 94.3 Å². The summed E-state index contributed by atoms with van der Waals surface area (Å²) in [5, 5.41) is 0. The lowest BCUT2D eigenvalue weighted by molar-refractivity contribution is 0.0613. The standard InChI is InChI=1S/C21H40N2/c1-17(2)15-21(9-10-21)16-22-11-7-20(8-12-22)23-13-5-19(6-14-23)18(3)4/h17-20H,5-16H2,1-4H3. The van der Waals surface area contributed by atoms with Gasteiger partial charge in [0.25, 0.3) is 0 Å². The molecule has 0 radical (unpaired) electrons. The first-order chi connectivity index (χ1) is 11.0. The quantitative estimate of drug-likeness (QED) is 0.703. The molecule has 0 spiro atoms. The Kier molecular flexibility index (Phi) is 5.73. The van der Waals surface area contributed by atoms with Gasteiger partial charge < -0.3 is 9.80 Å². The van der Waals surface area contributed by atoms with Crippen LogP contribution in [0.4, 0.5) is 0 Å². The molecule has 0 bridgehead atoms. The van der Waals surface area contributed by atoms with E-state index < -0.39 is 0 Å². The van der Waals surface area contributed by atoms with Crippen LogP contribution in [0.3, 0.4) is 0 Å². The predicted molar refractivity (Wildman–Crippen MR) is 99.7 cm³/mol. The lowest BCUT2D eigenvalue weighted by atomic mass is 9.85. The highest BCUT2D eigenvalue weighted by atomic mass is 15.2. The second kappa shape index (κ2) is 7.44. The normalized spacial score (nSPS) is 27.9. The average molecular weight is 321 g/mol. The number of hydrogen-bond acceptors (Lipinski definition) is 2. The van der Waals surface area contributed by atoms with Gasteiger partial charge in [-0.25, -0.2) is 0 Å². The molecule has 23 heavy (non-hydrogen) atoms. The van der Waals surface area contributed by atoms with E-state index in [0.29, 0.717) is 0 Å². The predicted octanol–water partition coefficient (Wildman–Crippen LogP) is 4.65. The molecule has 0 aromatic rings. The van der Waals surface area contributed by atoms with Crippen LogP contribution in [0.25, 0.3) is 0 Å². The van der Waals surface area contributed by atoms with Gasteiger partial charge in [-0.2, -0.15) is 0 Å². The first kappa shape index (κ1) is 17.7. The largest absolute Gasteiger partial charge is 0.303 e. The van der Waals surface area contributed by atoms with Gasteiger partial charge in [-0.3, -0.25) is 0 Å². The Balaban J connectivity index is 1.39. The van der Waals surface area contributed by atoms with Crippen molar-refractivity contribution >= 4 is 0 Å². The fraction of sp³-hybridized carbons (Fsp3) is 1.00. The van der Waals surface area contributed by atoms with Gasteiger partial charge >= 0.3 is 0 Å². The summed E-state index contributed by atoms with van der Waals surface area (Å²) in [6.07, 6.45) is 10.2. The van der Waals surface area contributed by atoms with Gasteiger partial charge in [-0.15, -0.1) is 0 Å². The molecule has 0 N–H and O–H groups in total. The van der Waals surface area contributed by atoms with Gasteiger partial charge in [0.05, 0.1) is 0 Å². The van der Waals surface area contributed by atoms with Crippen LogP contribution in [0.15, 0.2) is 0 Å². The summed E-state index contributed by atoms with van der Waals surface area (Å²) < 4.78 is 0. The second-order valence-corrected chi connectivity index (χ2v) is 9.72. The molecule has 2 heteroatoms. The maximum absolute atomic E-state index is 2.83. The SMILES string of the molecule is CC(C)CC1(CN2CCC(N3CCC(C(C)C)CC3)CC2)CC1. The molecular formula is C21H40N2. The molecule has 3 aliphatic rings. The third kappa shape index (κ3) is 4.72. The van der Waals surface area contributed by atoms with Crippen molar-refractivity contribution in [1.29, 1.82) is 0 Å². The molecule has 3 rings (SSSR count). The van der Waals surface area contributed by atoms with E-state index in [4.69, 9.17) is 0 Å². The molecule has 0 amide bonds. The zero-order valence-corrected chi connectivity index (χ0v) is 16.2. The van der Waals surface area contributed by atoms with Gasteiger partial charge in [0, 0.05) is 12.6 Å². The van der Waals surface area contributed by atoms with Crippen LogP contribution in [-0.4, -0.2) is 48.6 Å². The third-order valence-corrected chi connectivity index (χ3v) is 6.95. The minimum Gasteiger partial charge on any atom is -0.303 e. The summed E-state index contributed by atoms with van der Waals surface area (Å²) in [6.45, 7) is 16.4. The molecule has 0 atom stereocenters. The van der Waals surface area contributed by atoms with E-state index in [-0.39, 0.29) is 0 Å². The van der Waals surface area contributed by atoms with E-state index in [1.807, 2.05) is 0 Å². The minimum atomic E-state index is 0.719. The molecule has 2 heterocycles. The van der Waals surface area contributed by atoms with Crippen molar-refractivity contribution in [2.24, 2.45) is 23.2 Å². The maximum Gasteiger partial charge on any atom is 0.0120 e. The van der Waals surface area contributed by atoms with Crippen molar-refractivity contribution < 1.29 is 0 Å². The highest BCUT2D eigenvalue weighted by Crippen LogP contribution is 2.51. The van der Waals surface area contributed by atoms with Gasteiger partial charge in [0.1, 0.15) is 0 Å². The van der Waals surface area contributed by atoms with Gasteiger partial charge in [0.2, 0.25) is 0 Å². The Labute approximate surface area is 145 Å². The van der Waals surface area contributed by atoms with Crippen LogP contribution >= 0.6 is 0 Å². The molecule has 134 valence electrons. The van der Waals surface area contributed by atoms with Crippen LogP contribution in [0, 0.1) is 23.2 Å². The van der Waals surface area contributed by atoms with Crippen molar-refractivity contribution in [3.63, 3.8) is 0 Å². The first-order valence-corrected chi connectivity index (χ1v) is 10.4. The fourth-order valence-electron chi connectivity index (χ4n) is 5.34. The first-order valence-electron chi connectivity index (χ1n) is 10.4. The van der Waals surface area contributed by atoms with Crippen LogP contribution < -0.4 is 0 Å². The summed E-state index contributed by atoms with van der Waals surface area (Å²) in [4.78, 5) is 5.63. The molecular weight excluding hydrogens is 280 g/mol. The average Bonchev–Trinajstić information content (AvgIpc) is 3.26. The van der Waals surface area contributed by atoms with Crippen LogP contribution in [0.1, 0.15) is 72.6 Å². The number of nitrogens with zero attached hydrogens (tertiary/aromatic N) is 2. The number of hydrogen-bond donors (Lipinski definition) is 0. The van der Waals surface area contributed by atoms with Crippen molar-refractivity contribution in [3.05, 3.63) is 0 Å². The van der Waals surface area contributed by atoms with Gasteiger partial charge in [0.15, 0.2) is 0 Å². The topological polar surface area (TPSA) is 6.48 Å². The Morgan fingerprint density at radius 2 is 1.48 bits per heavy atom. The van der Waals surface area contributed by atoms with Crippen molar-refractivity contribution in [1.82, 2.24) is 9.80 Å². The molecule has 2 saturated heterocycles. The minimum absolute atomic E-state index is 0.719. The van der Waals surface area contributed by atoms with E-state index in [1.165, 1.54) is 77.7 Å². The molecule has 0 aromatic heterocycles. The summed E-state index contributed by atoms with van der Waals surface area (Å²) in [5.41, 5.74) is 0.719. The zero-order chi connectivity index (χ0) is 16.4. The van der Waals surface area contributed by atoms with Crippen LogP contribution in [-0.2, 0) is 0 Å². The second-order valence-electron chi connectivity index (χ2n) is 9.72. The molecule has 2 aliphatic heterocycles. The van der Waals surface area contributed by atoms with E-state index in [0.717, 1.165) is 29.2 Å². The molecule has 2 nitrogen and oxygen atoms in total. The smallest absolute Gasteiger partial charge is 0.0120 e. The maximum atomic E-state index is 2.83. The van der Waals surface area contributed by atoms with Gasteiger partial charge in [-0.1, -0.05) is 27.7 Å². The third-order valence-electron chi connectivity index (χ3n) is 6.95. The molecule has 3 fully saturated rings. The fourth-order valence-corrected chi connectivity index (χ4v) is 5.34. The molecule has 0 aromatic carbocycles. The Morgan fingerprint density at radius 3 is 1.96 bits per heavy atom. The van der Waals surface area contributed by atoms with Crippen LogP contribution in [0.5, 0.6) is 0 Å². The van der Waals surface area contributed by atoms with Crippen molar-refractivity contribution in [2.45, 2.75) is 78.7 Å². The van der Waals surface area contributed by atoms with E-state index >= 15 is 0 Å². The van der Waals surface area contributed by atoms with E-state index in [1.54, 1.807) is 0 Å². The van der Waals surface area contributed by atoms with E-state index in [9.17, 15) is 0 Å². The molecule has 1 saturated carbocycles. The highest BCUT2D eigenvalue weighted by molar-refractivity contribution is 4.97. The lowest BCUT2D eigenvalue weighted by Gasteiger charge is -2.43. The number of likely N-dealkylation sites (tertiary alicyclic amines) is 2. The summed E-state index contributed by atoms with van der Waals surface area (Å²) in [5.74, 6) is 2.74. The van der Waals surface area contributed by atoms with Crippen LogP contribution in [0.2, 0.25) is 0 Å². The Bertz CT molecular complexity index is 356. The summed E-state index contributed by atoms with van der Waals surface area (Å²) >= 11 is 0. The molecule has 0 unspecified atom stereocenters.